The molecular formula is C26H27F2N7O. The van der Waals surface area contributed by atoms with Gasteiger partial charge < -0.3 is 10.2 Å². The van der Waals surface area contributed by atoms with Crippen molar-refractivity contribution >= 4 is 22.5 Å². The third-order valence-corrected chi connectivity index (χ3v) is 6.12. The Morgan fingerprint density at radius 2 is 2.00 bits per heavy atom. The zero-order valence-electron chi connectivity index (χ0n) is 20.1. The minimum Gasteiger partial charge on any atom is -0.319 e. The maximum absolute atomic E-state index is 13.6. The van der Waals surface area contributed by atoms with Gasteiger partial charge >= 0.3 is 0 Å². The van der Waals surface area contributed by atoms with Crippen LogP contribution in [-0.2, 0) is 13.1 Å². The molecule has 0 saturated carbocycles. The number of carbonyl (C=O) groups excluding carboxylic acids is 1. The van der Waals surface area contributed by atoms with E-state index in [0.29, 0.717) is 30.7 Å². The molecule has 2 N–H and O–H groups in total. The van der Waals surface area contributed by atoms with Crippen molar-refractivity contribution in [3.05, 3.63) is 71.9 Å². The van der Waals surface area contributed by atoms with Crippen LogP contribution in [0.3, 0.4) is 0 Å². The van der Waals surface area contributed by atoms with Gasteiger partial charge in [0.15, 0.2) is 5.69 Å². The Morgan fingerprint density at radius 1 is 1.14 bits per heavy atom. The molecule has 0 aliphatic carbocycles. The summed E-state index contributed by atoms with van der Waals surface area (Å²) < 4.78 is 27.1. The number of hydrogen-bond acceptors (Lipinski definition) is 6. The van der Waals surface area contributed by atoms with Crippen molar-refractivity contribution in [2.75, 3.05) is 32.5 Å². The fraction of sp³-hybridized carbons (Fsp3) is 0.308. The van der Waals surface area contributed by atoms with Crippen LogP contribution in [0.2, 0.25) is 0 Å². The third-order valence-electron chi connectivity index (χ3n) is 6.12. The molecule has 1 aromatic carbocycles. The fourth-order valence-corrected chi connectivity index (χ4v) is 4.40. The Labute approximate surface area is 207 Å². The summed E-state index contributed by atoms with van der Waals surface area (Å²) in [5.74, 6) is -2.97. The SMILES string of the molecule is CN(C)Cc1ccc(NC(=O)c2n[nH]c3ccc(-c4cncc(CN5CCC(F)(F)C5)c4)cc23)cn1. The average molecular weight is 492 g/mol. The maximum atomic E-state index is 13.6. The molecule has 186 valence electrons. The lowest BCUT2D eigenvalue weighted by Gasteiger charge is -2.15. The monoisotopic (exact) mass is 491 g/mol. The molecule has 36 heavy (non-hydrogen) atoms. The van der Waals surface area contributed by atoms with Crippen molar-refractivity contribution in [3.8, 4) is 11.1 Å². The first kappa shape index (κ1) is 24.0. The summed E-state index contributed by atoms with van der Waals surface area (Å²) >= 11 is 0. The first-order valence-electron chi connectivity index (χ1n) is 11.7. The molecule has 10 heteroatoms. The molecule has 1 aliphatic rings. The van der Waals surface area contributed by atoms with E-state index in [-0.39, 0.29) is 24.6 Å². The second kappa shape index (κ2) is 9.71. The normalized spacial score (nSPS) is 15.6. The summed E-state index contributed by atoms with van der Waals surface area (Å²) in [4.78, 5) is 25.5. The van der Waals surface area contributed by atoms with Gasteiger partial charge in [0.25, 0.3) is 11.8 Å². The van der Waals surface area contributed by atoms with E-state index < -0.39 is 5.92 Å². The number of benzene rings is 1. The van der Waals surface area contributed by atoms with E-state index in [1.54, 1.807) is 23.5 Å². The van der Waals surface area contributed by atoms with Crippen LogP contribution in [0.25, 0.3) is 22.0 Å². The minimum atomic E-state index is -2.63. The van der Waals surface area contributed by atoms with Crippen LogP contribution in [0.15, 0.2) is 55.0 Å². The molecule has 0 radical (unpaired) electrons. The van der Waals surface area contributed by atoms with E-state index in [2.05, 4.69) is 25.5 Å². The number of likely N-dealkylation sites (tertiary alicyclic amines) is 1. The number of amides is 1. The predicted octanol–water partition coefficient (Wildman–Crippen LogP) is 4.17. The average Bonchev–Trinajstić information content (AvgIpc) is 3.42. The van der Waals surface area contributed by atoms with Gasteiger partial charge in [-0.2, -0.15) is 5.10 Å². The van der Waals surface area contributed by atoms with Crippen molar-refractivity contribution in [2.24, 2.45) is 0 Å². The fourth-order valence-electron chi connectivity index (χ4n) is 4.40. The second-order valence-electron chi connectivity index (χ2n) is 9.46. The van der Waals surface area contributed by atoms with Gasteiger partial charge in [-0.05, 0) is 55.6 Å². The molecule has 1 fully saturated rings. The highest BCUT2D eigenvalue weighted by atomic mass is 19.3. The molecule has 8 nitrogen and oxygen atoms in total. The molecular weight excluding hydrogens is 464 g/mol. The van der Waals surface area contributed by atoms with Crippen molar-refractivity contribution in [2.45, 2.75) is 25.4 Å². The lowest BCUT2D eigenvalue weighted by atomic mass is 10.0. The molecule has 0 atom stereocenters. The Hall–Kier alpha value is -3.76. The number of aromatic nitrogens is 4. The molecule has 4 heterocycles. The highest BCUT2D eigenvalue weighted by Crippen LogP contribution is 2.29. The number of H-pyrrole nitrogens is 1. The summed E-state index contributed by atoms with van der Waals surface area (Å²) in [7, 11) is 3.94. The molecule has 4 aromatic rings. The number of pyridine rings is 2. The van der Waals surface area contributed by atoms with Gasteiger partial charge in [-0.25, -0.2) is 8.78 Å². The summed E-state index contributed by atoms with van der Waals surface area (Å²) in [5, 5.41) is 10.7. The van der Waals surface area contributed by atoms with Crippen molar-refractivity contribution in [1.29, 1.82) is 0 Å². The van der Waals surface area contributed by atoms with E-state index >= 15 is 0 Å². The van der Waals surface area contributed by atoms with Gasteiger partial charge in [0.05, 0.1) is 29.6 Å². The molecule has 1 saturated heterocycles. The highest BCUT2D eigenvalue weighted by Gasteiger charge is 2.37. The van der Waals surface area contributed by atoms with Crippen LogP contribution in [0.4, 0.5) is 14.5 Å². The molecule has 1 amide bonds. The maximum Gasteiger partial charge on any atom is 0.276 e. The van der Waals surface area contributed by atoms with Gasteiger partial charge in [-0.15, -0.1) is 0 Å². The number of hydrogen-bond donors (Lipinski definition) is 2. The Morgan fingerprint density at radius 3 is 2.72 bits per heavy atom. The van der Waals surface area contributed by atoms with Gasteiger partial charge in [-0.1, -0.05) is 6.07 Å². The number of alkyl halides is 2. The van der Waals surface area contributed by atoms with Crippen LogP contribution >= 0.6 is 0 Å². The predicted molar refractivity (Wildman–Crippen MR) is 134 cm³/mol. The lowest BCUT2D eigenvalue weighted by Crippen LogP contribution is -2.24. The third kappa shape index (κ3) is 5.39. The highest BCUT2D eigenvalue weighted by molar-refractivity contribution is 6.11. The standard InChI is InChI=1S/C26H27F2N7O/c1-34(2)15-21-5-4-20(13-30-21)31-25(36)24-22-10-18(3-6-23(22)32-33-24)19-9-17(11-29-12-19)14-35-8-7-26(27,28)16-35/h3-6,9-13H,7-8,14-16H2,1-2H3,(H,31,36)(H,32,33). The van der Waals surface area contributed by atoms with Crippen LogP contribution < -0.4 is 5.32 Å². The summed E-state index contributed by atoms with van der Waals surface area (Å²) in [5.41, 5.74) is 5.05. The Kier molecular flexibility index (Phi) is 6.46. The van der Waals surface area contributed by atoms with Crippen molar-refractivity contribution < 1.29 is 13.6 Å². The number of aromatic amines is 1. The summed E-state index contributed by atoms with van der Waals surface area (Å²) in [6.45, 7) is 1.26. The lowest BCUT2D eigenvalue weighted by molar-refractivity contribution is 0.0115. The summed E-state index contributed by atoms with van der Waals surface area (Å²) in [6, 6.07) is 11.3. The van der Waals surface area contributed by atoms with Crippen LogP contribution in [0, 0.1) is 0 Å². The van der Waals surface area contributed by atoms with E-state index in [1.165, 1.54) is 0 Å². The van der Waals surface area contributed by atoms with Crippen LogP contribution in [-0.4, -0.2) is 69.0 Å². The number of rotatable bonds is 7. The molecule has 3 aromatic heterocycles. The van der Waals surface area contributed by atoms with Crippen molar-refractivity contribution in [1.82, 2.24) is 30.0 Å². The van der Waals surface area contributed by atoms with Crippen molar-refractivity contribution in [3.63, 3.8) is 0 Å². The first-order valence-corrected chi connectivity index (χ1v) is 11.7. The number of nitrogens with zero attached hydrogens (tertiary/aromatic N) is 5. The molecule has 1 aliphatic heterocycles. The van der Waals surface area contributed by atoms with Gasteiger partial charge in [0.1, 0.15) is 0 Å². The van der Waals surface area contributed by atoms with Gasteiger partial charge in [0.2, 0.25) is 0 Å². The zero-order valence-corrected chi connectivity index (χ0v) is 20.1. The topological polar surface area (TPSA) is 90.0 Å². The van der Waals surface area contributed by atoms with E-state index in [4.69, 9.17) is 0 Å². The number of halogens is 2. The van der Waals surface area contributed by atoms with E-state index in [0.717, 1.165) is 27.9 Å². The van der Waals surface area contributed by atoms with Crippen LogP contribution in [0.1, 0.15) is 28.2 Å². The Balaban J connectivity index is 1.34. The number of fused-ring (bicyclic) bond motifs is 1. The summed E-state index contributed by atoms with van der Waals surface area (Å²) in [6.07, 6.45) is 4.94. The van der Waals surface area contributed by atoms with E-state index in [9.17, 15) is 13.6 Å². The van der Waals surface area contributed by atoms with Gasteiger partial charge in [-0.3, -0.25) is 24.8 Å². The smallest absolute Gasteiger partial charge is 0.276 e. The molecule has 5 rings (SSSR count). The van der Waals surface area contributed by atoms with E-state index in [1.807, 2.05) is 55.4 Å². The quantitative estimate of drug-likeness (QED) is 0.403. The molecule has 0 spiro atoms. The zero-order chi connectivity index (χ0) is 25.3. The first-order chi connectivity index (χ1) is 17.3. The molecule has 0 bridgehead atoms. The van der Waals surface area contributed by atoms with Crippen LogP contribution in [0.5, 0.6) is 0 Å². The minimum absolute atomic E-state index is 0.113. The number of anilines is 1. The second-order valence-corrected chi connectivity index (χ2v) is 9.46. The number of carbonyl (C=O) groups is 1. The largest absolute Gasteiger partial charge is 0.319 e. The molecule has 0 unspecified atom stereocenters. The van der Waals surface area contributed by atoms with Gasteiger partial charge in [0, 0.05) is 49.4 Å². The number of nitrogens with one attached hydrogen (secondary N) is 2. The Bertz CT molecular complexity index is 1380.